The van der Waals surface area contributed by atoms with E-state index < -0.39 is 7.60 Å². The minimum Gasteiger partial charge on any atom is -0.421 e. The molecule has 0 radical (unpaired) electrons. The van der Waals surface area contributed by atoms with E-state index in [1.165, 1.54) is 0 Å². The van der Waals surface area contributed by atoms with Crippen LogP contribution in [0.4, 0.5) is 0 Å². The quantitative estimate of drug-likeness (QED) is 0.704. The molecular weight excluding hydrogens is 223 g/mol. The van der Waals surface area contributed by atoms with Crippen molar-refractivity contribution in [2.45, 2.75) is 13.8 Å². The largest absolute Gasteiger partial charge is 0.421 e. The number of allylic oxidation sites excluding steroid dienone is 3. The standard InChI is InChI=1S/C12H13O3P/c1-3-9-10-7-5-6-8-12(10)16(13,14)15-11(9)4-2/h3-8H,1-2H3,(H,13,14)/b9-3-,11-4+. The molecule has 84 valence electrons. The Labute approximate surface area is 94.6 Å². The third-order valence-corrected chi connectivity index (χ3v) is 3.98. The molecule has 0 amide bonds. The van der Waals surface area contributed by atoms with Crippen LogP contribution in [0.5, 0.6) is 0 Å². The molecule has 0 saturated carbocycles. The highest BCUT2D eigenvalue weighted by atomic mass is 31.2. The Hall–Kier alpha value is -1.31. The predicted molar refractivity (Wildman–Crippen MR) is 64.4 cm³/mol. The average Bonchev–Trinajstić information content (AvgIpc) is 2.28. The molecule has 0 aromatic heterocycles. The minimum atomic E-state index is -3.71. The second-order valence-corrected chi connectivity index (χ2v) is 5.19. The Balaban J connectivity index is 2.75. The third-order valence-electron chi connectivity index (χ3n) is 2.54. The summed E-state index contributed by atoms with van der Waals surface area (Å²) in [6.45, 7) is 3.67. The van der Waals surface area contributed by atoms with Gasteiger partial charge in [-0.15, -0.1) is 0 Å². The summed E-state index contributed by atoms with van der Waals surface area (Å²) in [6, 6.07) is 7.05. The zero-order valence-electron chi connectivity index (χ0n) is 9.18. The van der Waals surface area contributed by atoms with E-state index in [0.29, 0.717) is 11.1 Å². The van der Waals surface area contributed by atoms with Gasteiger partial charge in [0.1, 0.15) is 5.76 Å². The fourth-order valence-corrected chi connectivity index (χ4v) is 3.16. The molecule has 1 heterocycles. The Morgan fingerprint density at radius 2 is 1.94 bits per heavy atom. The molecule has 1 atom stereocenters. The summed E-state index contributed by atoms with van der Waals surface area (Å²) in [5.41, 5.74) is 1.63. The smallest absolute Gasteiger partial charge is 0.408 e. The van der Waals surface area contributed by atoms with Gasteiger partial charge in [-0.3, -0.25) is 0 Å². The van der Waals surface area contributed by atoms with E-state index in [9.17, 15) is 9.46 Å². The number of hydrogen-bond acceptors (Lipinski definition) is 2. The van der Waals surface area contributed by atoms with Crippen molar-refractivity contribution >= 4 is 18.5 Å². The van der Waals surface area contributed by atoms with Crippen LogP contribution in [0.3, 0.4) is 0 Å². The van der Waals surface area contributed by atoms with E-state index in [-0.39, 0.29) is 0 Å². The molecule has 1 aliphatic heterocycles. The molecular formula is C12H13O3P. The van der Waals surface area contributed by atoms with E-state index in [4.69, 9.17) is 4.52 Å². The fraction of sp³-hybridized carbons (Fsp3) is 0.167. The lowest BCUT2D eigenvalue weighted by atomic mass is 10.0. The van der Waals surface area contributed by atoms with Crippen LogP contribution in [0.15, 0.2) is 42.2 Å². The molecule has 4 heteroatoms. The molecule has 1 aromatic carbocycles. The maximum absolute atomic E-state index is 12.0. The number of hydrogen-bond donors (Lipinski definition) is 1. The molecule has 0 aliphatic carbocycles. The topological polar surface area (TPSA) is 46.5 Å². The second kappa shape index (κ2) is 3.93. The van der Waals surface area contributed by atoms with Crippen molar-refractivity contribution in [3.63, 3.8) is 0 Å². The van der Waals surface area contributed by atoms with Gasteiger partial charge in [-0.2, -0.15) is 0 Å². The van der Waals surface area contributed by atoms with Gasteiger partial charge in [0.15, 0.2) is 0 Å². The lowest BCUT2D eigenvalue weighted by Crippen LogP contribution is -2.18. The molecule has 16 heavy (non-hydrogen) atoms. The van der Waals surface area contributed by atoms with Gasteiger partial charge in [-0.05, 0) is 26.0 Å². The van der Waals surface area contributed by atoms with Gasteiger partial charge >= 0.3 is 7.60 Å². The van der Waals surface area contributed by atoms with E-state index in [0.717, 1.165) is 11.1 Å². The van der Waals surface area contributed by atoms with Crippen LogP contribution in [-0.2, 0) is 9.09 Å². The van der Waals surface area contributed by atoms with Crippen LogP contribution in [0.2, 0.25) is 0 Å². The number of benzene rings is 1. The van der Waals surface area contributed by atoms with E-state index >= 15 is 0 Å². The van der Waals surface area contributed by atoms with Crippen LogP contribution >= 0.6 is 7.60 Å². The van der Waals surface area contributed by atoms with Crippen molar-refractivity contribution in [3.8, 4) is 0 Å². The van der Waals surface area contributed by atoms with Gasteiger partial charge in [0.2, 0.25) is 0 Å². The summed E-state index contributed by atoms with van der Waals surface area (Å²) >= 11 is 0. The molecule has 1 aliphatic rings. The first kappa shape index (κ1) is 11.2. The Morgan fingerprint density at radius 1 is 1.25 bits per heavy atom. The highest BCUT2D eigenvalue weighted by Gasteiger charge is 2.35. The van der Waals surface area contributed by atoms with Crippen molar-refractivity contribution in [2.24, 2.45) is 0 Å². The number of fused-ring (bicyclic) bond motifs is 1. The van der Waals surface area contributed by atoms with E-state index in [2.05, 4.69) is 0 Å². The predicted octanol–water partition coefficient (Wildman–Crippen LogP) is 2.83. The van der Waals surface area contributed by atoms with Gasteiger partial charge in [-0.1, -0.05) is 24.3 Å². The van der Waals surface area contributed by atoms with Gasteiger partial charge in [0.25, 0.3) is 0 Å². The van der Waals surface area contributed by atoms with Crippen molar-refractivity contribution in [3.05, 3.63) is 47.7 Å². The first-order chi connectivity index (χ1) is 7.60. The van der Waals surface area contributed by atoms with E-state index in [1.807, 2.05) is 25.1 Å². The van der Waals surface area contributed by atoms with Crippen LogP contribution in [0.25, 0.3) is 5.57 Å². The Morgan fingerprint density at radius 3 is 2.56 bits per heavy atom. The third kappa shape index (κ3) is 1.62. The summed E-state index contributed by atoms with van der Waals surface area (Å²) < 4.78 is 17.1. The monoisotopic (exact) mass is 236 g/mol. The van der Waals surface area contributed by atoms with Crippen molar-refractivity contribution in [1.29, 1.82) is 0 Å². The molecule has 0 fully saturated rings. The Kier molecular flexibility index (Phi) is 2.75. The highest BCUT2D eigenvalue weighted by Crippen LogP contribution is 2.51. The molecule has 1 aromatic rings. The Bertz CT molecular complexity index is 529. The first-order valence-corrected chi connectivity index (χ1v) is 6.63. The molecule has 0 bridgehead atoms. The van der Waals surface area contributed by atoms with Gasteiger partial charge in [-0.25, -0.2) is 4.57 Å². The zero-order valence-corrected chi connectivity index (χ0v) is 10.1. The summed E-state index contributed by atoms with van der Waals surface area (Å²) in [6.07, 6.45) is 3.58. The first-order valence-electron chi connectivity index (χ1n) is 5.05. The maximum atomic E-state index is 12.0. The maximum Gasteiger partial charge on any atom is 0.408 e. The summed E-state index contributed by atoms with van der Waals surface area (Å²) in [4.78, 5) is 9.81. The molecule has 0 saturated heterocycles. The van der Waals surface area contributed by atoms with Crippen LogP contribution < -0.4 is 5.30 Å². The van der Waals surface area contributed by atoms with E-state index in [1.54, 1.807) is 25.1 Å². The number of rotatable bonds is 0. The molecule has 0 spiro atoms. The van der Waals surface area contributed by atoms with Crippen LogP contribution in [-0.4, -0.2) is 4.89 Å². The van der Waals surface area contributed by atoms with Gasteiger partial charge in [0.05, 0.1) is 5.30 Å². The lowest BCUT2D eigenvalue weighted by molar-refractivity contribution is 0.344. The van der Waals surface area contributed by atoms with Crippen molar-refractivity contribution in [1.82, 2.24) is 0 Å². The molecule has 1 unspecified atom stereocenters. The lowest BCUT2D eigenvalue weighted by Gasteiger charge is -2.26. The highest BCUT2D eigenvalue weighted by molar-refractivity contribution is 7.61. The van der Waals surface area contributed by atoms with Crippen LogP contribution in [0.1, 0.15) is 19.4 Å². The van der Waals surface area contributed by atoms with Gasteiger partial charge < -0.3 is 9.42 Å². The normalized spacial score (nSPS) is 28.9. The summed E-state index contributed by atoms with van der Waals surface area (Å²) in [5.74, 6) is 0.465. The summed E-state index contributed by atoms with van der Waals surface area (Å²) in [7, 11) is -3.71. The SMILES string of the molecule is C/C=C1\C(=C/C)OP(=O)(O)c2ccccc21. The second-order valence-electron chi connectivity index (χ2n) is 3.48. The van der Waals surface area contributed by atoms with Crippen molar-refractivity contribution < 1.29 is 14.0 Å². The van der Waals surface area contributed by atoms with Gasteiger partial charge in [0, 0.05) is 11.1 Å². The molecule has 3 nitrogen and oxygen atoms in total. The fourth-order valence-electron chi connectivity index (χ4n) is 1.82. The molecule has 1 N–H and O–H groups in total. The van der Waals surface area contributed by atoms with Crippen molar-refractivity contribution in [2.75, 3.05) is 0 Å². The molecule has 2 rings (SSSR count). The minimum absolute atomic E-state index is 0.369. The average molecular weight is 236 g/mol. The zero-order chi connectivity index (χ0) is 11.8. The van der Waals surface area contributed by atoms with Crippen LogP contribution in [0, 0.1) is 0 Å². The summed E-state index contributed by atoms with van der Waals surface area (Å²) in [5, 5.41) is 0.369.